The predicted molar refractivity (Wildman–Crippen MR) is 83.7 cm³/mol. The Bertz CT molecular complexity index is 711. The largest absolute Gasteiger partial charge is 0.494 e. The van der Waals surface area contributed by atoms with E-state index in [-0.39, 0.29) is 16.9 Å². The van der Waals surface area contributed by atoms with Gasteiger partial charge < -0.3 is 14.6 Å². The maximum atomic E-state index is 12.1. The van der Waals surface area contributed by atoms with Crippen molar-refractivity contribution in [2.45, 2.75) is 6.92 Å². The van der Waals surface area contributed by atoms with Crippen molar-refractivity contribution < 1.29 is 24.2 Å². The molecule has 0 amide bonds. The molecule has 0 aliphatic rings. The molecule has 0 aliphatic heterocycles. The highest BCUT2D eigenvalue weighted by Gasteiger charge is 2.16. The van der Waals surface area contributed by atoms with Crippen LogP contribution in [-0.4, -0.2) is 23.7 Å². The SMILES string of the molecule is CCOc1cccc(C(=O)Oc2ccc(Br)cc2C(=O)O)c1. The first kappa shape index (κ1) is 16.0. The fraction of sp³-hybridized carbons (Fsp3) is 0.125. The number of halogens is 1. The molecule has 0 heterocycles. The van der Waals surface area contributed by atoms with Gasteiger partial charge in [-0.05, 0) is 43.3 Å². The van der Waals surface area contributed by atoms with Crippen LogP contribution in [0.2, 0.25) is 0 Å². The summed E-state index contributed by atoms with van der Waals surface area (Å²) >= 11 is 3.18. The third-order valence-electron chi connectivity index (χ3n) is 2.76. The lowest BCUT2D eigenvalue weighted by atomic mass is 10.2. The molecule has 0 unspecified atom stereocenters. The van der Waals surface area contributed by atoms with Crippen LogP contribution in [0.5, 0.6) is 11.5 Å². The second-order valence-corrected chi connectivity index (χ2v) is 5.21. The fourth-order valence-corrected chi connectivity index (χ4v) is 2.16. The Balaban J connectivity index is 2.25. The number of ether oxygens (including phenoxy) is 2. The van der Waals surface area contributed by atoms with Gasteiger partial charge in [-0.1, -0.05) is 22.0 Å². The van der Waals surface area contributed by atoms with E-state index >= 15 is 0 Å². The molecule has 2 aromatic rings. The van der Waals surface area contributed by atoms with E-state index in [1.54, 1.807) is 30.3 Å². The van der Waals surface area contributed by atoms with E-state index in [2.05, 4.69) is 15.9 Å². The molecule has 114 valence electrons. The minimum absolute atomic E-state index is 0.0116. The Morgan fingerprint density at radius 2 is 1.95 bits per heavy atom. The Kier molecular flexibility index (Phi) is 5.16. The van der Waals surface area contributed by atoms with Gasteiger partial charge in [-0.2, -0.15) is 0 Å². The highest BCUT2D eigenvalue weighted by atomic mass is 79.9. The minimum atomic E-state index is -1.17. The van der Waals surface area contributed by atoms with Crippen molar-refractivity contribution in [3.8, 4) is 11.5 Å². The lowest BCUT2D eigenvalue weighted by Gasteiger charge is -2.09. The smallest absolute Gasteiger partial charge is 0.343 e. The summed E-state index contributed by atoms with van der Waals surface area (Å²) in [6.07, 6.45) is 0. The Morgan fingerprint density at radius 1 is 1.18 bits per heavy atom. The maximum Gasteiger partial charge on any atom is 0.343 e. The van der Waals surface area contributed by atoms with Crippen molar-refractivity contribution in [1.82, 2.24) is 0 Å². The molecule has 0 saturated carbocycles. The third kappa shape index (κ3) is 3.85. The van der Waals surface area contributed by atoms with Gasteiger partial charge in [0.2, 0.25) is 0 Å². The van der Waals surface area contributed by atoms with Crippen LogP contribution >= 0.6 is 15.9 Å². The molecule has 2 rings (SSSR count). The number of aromatic carboxylic acids is 1. The second-order valence-electron chi connectivity index (χ2n) is 4.30. The number of carboxylic acids is 1. The van der Waals surface area contributed by atoms with Crippen LogP contribution in [0.4, 0.5) is 0 Å². The van der Waals surface area contributed by atoms with Gasteiger partial charge in [-0.3, -0.25) is 0 Å². The zero-order valence-corrected chi connectivity index (χ0v) is 13.3. The van der Waals surface area contributed by atoms with Gasteiger partial charge in [-0.25, -0.2) is 9.59 Å². The van der Waals surface area contributed by atoms with Crippen LogP contribution in [-0.2, 0) is 0 Å². The summed E-state index contributed by atoms with van der Waals surface area (Å²) in [5, 5.41) is 9.16. The summed E-state index contributed by atoms with van der Waals surface area (Å²) in [6, 6.07) is 10.9. The van der Waals surface area contributed by atoms with Gasteiger partial charge in [0.1, 0.15) is 17.1 Å². The summed E-state index contributed by atoms with van der Waals surface area (Å²) < 4.78 is 11.1. The van der Waals surface area contributed by atoms with E-state index in [1.165, 1.54) is 12.1 Å². The number of hydrogen-bond donors (Lipinski definition) is 1. The zero-order valence-electron chi connectivity index (χ0n) is 11.7. The van der Waals surface area contributed by atoms with Crippen molar-refractivity contribution in [2.24, 2.45) is 0 Å². The number of carbonyl (C=O) groups excluding carboxylic acids is 1. The van der Waals surface area contributed by atoms with Gasteiger partial charge in [0.15, 0.2) is 0 Å². The molecule has 5 nitrogen and oxygen atoms in total. The number of rotatable bonds is 5. The van der Waals surface area contributed by atoms with E-state index in [4.69, 9.17) is 14.6 Å². The van der Waals surface area contributed by atoms with E-state index in [0.29, 0.717) is 16.8 Å². The van der Waals surface area contributed by atoms with Gasteiger partial charge >= 0.3 is 11.9 Å². The summed E-state index contributed by atoms with van der Waals surface area (Å²) in [5.74, 6) is -1.28. The molecule has 0 radical (unpaired) electrons. The van der Waals surface area contributed by atoms with Gasteiger partial charge in [0.05, 0.1) is 12.2 Å². The molecule has 0 aromatic heterocycles. The normalized spacial score (nSPS) is 10.1. The Labute approximate surface area is 135 Å². The summed E-state index contributed by atoms with van der Waals surface area (Å²) in [6.45, 7) is 2.32. The lowest BCUT2D eigenvalue weighted by Crippen LogP contribution is -2.11. The molecule has 0 atom stereocenters. The average Bonchev–Trinajstić information content (AvgIpc) is 2.49. The molecule has 0 saturated heterocycles. The Hall–Kier alpha value is -2.34. The van der Waals surface area contributed by atoms with Crippen LogP contribution < -0.4 is 9.47 Å². The van der Waals surface area contributed by atoms with E-state index in [0.717, 1.165) is 0 Å². The highest BCUT2D eigenvalue weighted by Crippen LogP contribution is 2.24. The van der Waals surface area contributed by atoms with E-state index in [1.807, 2.05) is 6.92 Å². The van der Waals surface area contributed by atoms with Crippen LogP contribution in [0.1, 0.15) is 27.6 Å². The van der Waals surface area contributed by atoms with E-state index < -0.39 is 11.9 Å². The van der Waals surface area contributed by atoms with Crippen LogP contribution in [0.25, 0.3) is 0 Å². The standard InChI is InChI=1S/C16H13BrO5/c1-2-21-12-5-3-4-10(8-12)16(20)22-14-7-6-11(17)9-13(14)15(18)19/h3-9H,2H2,1H3,(H,18,19). The molecule has 6 heteroatoms. The van der Waals surface area contributed by atoms with Gasteiger partial charge in [0.25, 0.3) is 0 Å². The molecule has 22 heavy (non-hydrogen) atoms. The molecule has 0 spiro atoms. The predicted octanol–water partition coefficient (Wildman–Crippen LogP) is 3.77. The number of hydrogen-bond acceptors (Lipinski definition) is 4. The van der Waals surface area contributed by atoms with Crippen molar-refractivity contribution in [3.05, 3.63) is 58.1 Å². The van der Waals surface area contributed by atoms with Crippen LogP contribution in [0, 0.1) is 0 Å². The minimum Gasteiger partial charge on any atom is -0.494 e. The molecule has 2 aromatic carbocycles. The van der Waals surface area contributed by atoms with Crippen molar-refractivity contribution >= 4 is 27.9 Å². The maximum absolute atomic E-state index is 12.1. The third-order valence-corrected chi connectivity index (χ3v) is 3.25. The number of carbonyl (C=O) groups is 2. The first-order chi connectivity index (χ1) is 10.5. The Morgan fingerprint density at radius 3 is 2.64 bits per heavy atom. The van der Waals surface area contributed by atoms with Gasteiger partial charge in [-0.15, -0.1) is 0 Å². The van der Waals surface area contributed by atoms with Crippen molar-refractivity contribution in [3.63, 3.8) is 0 Å². The first-order valence-corrected chi connectivity index (χ1v) is 7.28. The molecular weight excluding hydrogens is 352 g/mol. The number of carboxylic acid groups (broad SMARTS) is 1. The molecule has 1 N–H and O–H groups in total. The number of benzene rings is 2. The average molecular weight is 365 g/mol. The van der Waals surface area contributed by atoms with Crippen LogP contribution in [0.15, 0.2) is 46.9 Å². The molecule has 0 fully saturated rings. The summed E-state index contributed by atoms with van der Waals surface area (Å²) in [5.41, 5.74) is 0.189. The lowest BCUT2D eigenvalue weighted by molar-refractivity contribution is 0.0681. The van der Waals surface area contributed by atoms with Gasteiger partial charge in [0, 0.05) is 4.47 Å². The second kappa shape index (κ2) is 7.09. The van der Waals surface area contributed by atoms with Crippen LogP contribution in [0.3, 0.4) is 0 Å². The van der Waals surface area contributed by atoms with Crippen molar-refractivity contribution in [2.75, 3.05) is 6.61 Å². The topological polar surface area (TPSA) is 72.8 Å². The zero-order chi connectivity index (χ0) is 16.1. The molecular formula is C16H13BrO5. The summed E-state index contributed by atoms with van der Waals surface area (Å²) in [4.78, 5) is 23.3. The molecule has 0 bridgehead atoms. The fourth-order valence-electron chi connectivity index (χ4n) is 1.80. The summed E-state index contributed by atoms with van der Waals surface area (Å²) in [7, 11) is 0. The highest BCUT2D eigenvalue weighted by molar-refractivity contribution is 9.10. The van der Waals surface area contributed by atoms with E-state index in [9.17, 15) is 9.59 Å². The van der Waals surface area contributed by atoms with Crippen molar-refractivity contribution in [1.29, 1.82) is 0 Å². The quantitative estimate of drug-likeness (QED) is 0.645. The molecule has 0 aliphatic carbocycles. The number of esters is 1. The first-order valence-electron chi connectivity index (χ1n) is 6.49. The monoisotopic (exact) mass is 364 g/mol.